The van der Waals surface area contributed by atoms with Crippen LogP contribution in [0.5, 0.6) is 5.75 Å². The Labute approximate surface area is 127 Å². The van der Waals surface area contributed by atoms with Gasteiger partial charge in [-0.15, -0.1) is 0 Å². The number of likely N-dealkylation sites (tertiary alicyclic amines) is 1. The topological polar surface area (TPSA) is 55.6 Å². The molecule has 0 bridgehead atoms. The second-order valence-corrected chi connectivity index (χ2v) is 5.86. The van der Waals surface area contributed by atoms with Crippen LogP contribution < -0.4 is 10.5 Å². The summed E-state index contributed by atoms with van der Waals surface area (Å²) in [6.45, 7) is 5.01. The summed E-state index contributed by atoms with van der Waals surface area (Å²) >= 11 is 0. The molecule has 0 saturated carbocycles. The highest BCUT2D eigenvalue weighted by atomic mass is 16.5. The molecule has 0 aliphatic carbocycles. The van der Waals surface area contributed by atoms with E-state index in [9.17, 15) is 4.79 Å². The zero-order valence-corrected chi connectivity index (χ0v) is 12.8. The van der Waals surface area contributed by atoms with Crippen LogP contribution in [0, 0.1) is 11.8 Å². The van der Waals surface area contributed by atoms with E-state index in [1.54, 1.807) is 0 Å². The van der Waals surface area contributed by atoms with Crippen LogP contribution in [0.4, 0.5) is 0 Å². The molecule has 116 valence electrons. The number of nitrogens with zero attached hydrogens (tertiary/aromatic N) is 1. The van der Waals surface area contributed by atoms with Gasteiger partial charge < -0.3 is 15.4 Å². The molecule has 1 aliphatic heterocycles. The fourth-order valence-electron chi connectivity index (χ4n) is 2.69. The predicted octanol–water partition coefficient (Wildman–Crippen LogP) is 2.29. The van der Waals surface area contributed by atoms with Crippen molar-refractivity contribution in [2.24, 2.45) is 17.6 Å². The van der Waals surface area contributed by atoms with Gasteiger partial charge in [-0.3, -0.25) is 4.79 Å². The van der Waals surface area contributed by atoms with Gasteiger partial charge >= 0.3 is 0 Å². The Morgan fingerprint density at radius 3 is 2.62 bits per heavy atom. The van der Waals surface area contributed by atoms with Crippen molar-refractivity contribution < 1.29 is 9.53 Å². The zero-order valence-electron chi connectivity index (χ0n) is 12.8. The Kier molecular flexibility index (Phi) is 6.05. The average molecular weight is 290 g/mol. The van der Waals surface area contributed by atoms with Gasteiger partial charge in [-0.05, 0) is 43.9 Å². The monoisotopic (exact) mass is 290 g/mol. The van der Waals surface area contributed by atoms with Gasteiger partial charge in [-0.25, -0.2) is 0 Å². The van der Waals surface area contributed by atoms with Gasteiger partial charge in [0.05, 0.1) is 6.61 Å². The second-order valence-electron chi connectivity index (χ2n) is 5.86. The Morgan fingerprint density at radius 2 is 2.00 bits per heavy atom. The first-order valence-electron chi connectivity index (χ1n) is 7.87. The summed E-state index contributed by atoms with van der Waals surface area (Å²) in [5, 5.41) is 0. The number of rotatable bonds is 6. The van der Waals surface area contributed by atoms with Crippen molar-refractivity contribution in [1.29, 1.82) is 0 Å². The lowest BCUT2D eigenvalue weighted by Crippen LogP contribution is -2.42. The molecule has 21 heavy (non-hydrogen) atoms. The summed E-state index contributed by atoms with van der Waals surface area (Å²) in [4.78, 5) is 14.4. The molecule has 4 heteroatoms. The third-order valence-electron chi connectivity index (χ3n) is 4.24. The van der Waals surface area contributed by atoms with Gasteiger partial charge in [0.15, 0.2) is 0 Å². The second kappa shape index (κ2) is 8.03. The van der Waals surface area contributed by atoms with E-state index in [0.29, 0.717) is 12.5 Å². The quantitative estimate of drug-likeness (QED) is 0.874. The first-order valence-corrected chi connectivity index (χ1v) is 7.87. The minimum absolute atomic E-state index is 0.0168. The smallest absolute Gasteiger partial charge is 0.225 e. The SMILES string of the molecule is CC(CCOc1ccccc1)C(=O)N1CCC(CN)CC1. The van der Waals surface area contributed by atoms with Crippen LogP contribution in [0.15, 0.2) is 30.3 Å². The largest absolute Gasteiger partial charge is 0.494 e. The lowest BCUT2D eigenvalue weighted by molar-refractivity contribution is -0.136. The molecule has 2 N–H and O–H groups in total. The zero-order chi connectivity index (χ0) is 15.1. The minimum Gasteiger partial charge on any atom is -0.494 e. The van der Waals surface area contributed by atoms with E-state index in [1.807, 2.05) is 42.2 Å². The van der Waals surface area contributed by atoms with Crippen LogP contribution in [0.3, 0.4) is 0 Å². The first-order chi connectivity index (χ1) is 10.2. The van der Waals surface area contributed by atoms with Crippen molar-refractivity contribution in [3.8, 4) is 5.75 Å². The maximum atomic E-state index is 12.4. The lowest BCUT2D eigenvalue weighted by Gasteiger charge is -2.33. The molecule has 0 aromatic heterocycles. The molecule has 1 aromatic carbocycles. The maximum absolute atomic E-state index is 12.4. The molecule has 1 fully saturated rings. The number of carbonyl (C=O) groups excluding carboxylic acids is 1. The molecule has 0 radical (unpaired) electrons. The van der Waals surface area contributed by atoms with Gasteiger partial charge in [-0.2, -0.15) is 0 Å². The molecular formula is C17H26N2O2. The minimum atomic E-state index is 0.0168. The third kappa shape index (κ3) is 4.74. The van der Waals surface area contributed by atoms with E-state index in [-0.39, 0.29) is 11.8 Å². The summed E-state index contributed by atoms with van der Waals surface area (Å²) in [7, 11) is 0. The molecule has 1 saturated heterocycles. The van der Waals surface area contributed by atoms with Crippen molar-refractivity contribution in [1.82, 2.24) is 4.90 Å². The van der Waals surface area contributed by atoms with E-state index in [1.165, 1.54) is 0 Å². The number of amides is 1. The van der Waals surface area contributed by atoms with Crippen LogP contribution in [0.2, 0.25) is 0 Å². The molecule has 1 atom stereocenters. The molecule has 0 spiro atoms. The van der Waals surface area contributed by atoms with Crippen molar-refractivity contribution in [2.45, 2.75) is 26.2 Å². The number of hydrogen-bond donors (Lipinski definition) is 1. The first kappa shape index (κ1) is 15.8. The molecule has 1 aliphatic rings. The molecular weight excluding hydrogens is 264 g/mol. The van der Waals surface area contributed by atoms with Crippen LogP contribution in [0.25, 0.3) is 0 Å². The lowest BCUT2D eigenvalue weighted by atomic mass is 9.95. The standard InChI is InChI=1S/C17H26N2O2/c1-14(9-12-21-16-5-3-2-4-6-16)17(20)19-10-7-15(13-18)8-11-19/h2-6,14-15H,7-13,18H2,1H3. The molecule has 2 rings (SSSR count). The van der Waals surface area contributed by atoms with Gasteiger partial charge in [0, 0.05) is 19.0 Å². The molecule has 1 unspecified atom stereocenters. The number of para-hydroxylation sites is 1. The average Bonchev–Trinajstić information content (AvgIpc) is 2.55. The number of piperidine rings is 1. The predicted molar refractivity (Wildman–Crippen MR) is 84.1 cm³/mol. The van der Waals surface area contributed by atoms with Gasteiger partial charge in [-0.1, -0.05) is 25.1 Å². The third-order valence-corrected chi connectivity index (χ3v) is 4.24. The number of ether oxygens (including phenoxy) is 1. The fraction of sp³-hybridized carbons (Fsp3) is 0.588. The van der Waals surface area contributed by atoms with E-state index in [0.717, 1.165) is 44.6 Å². The van der Waals surface area contributed by atoms with Crippen molar-refractivity contribution in [2.75, 3.05) is 26.2 Å². The van der Waals surface area contributed by atoms with Crippen LogP contribution >= 0.6 is 0 Å². The highest BCUT2D eigenvalue weighted by Gasteiger charge is 2.25. The molecule has 1 amide bonds. The Bertz CT molecular complexity index is 428. The van der Waals surface area contributed by atoms with E-state index < -0.39 is 0 Å². The summed E-state index contributed by atoms with van der Waals surface area (Å²) in [6.07, 6.45) is 2.83. The van der Waals surface area contributed by atoms with E-state index in [4.69, 9.17) is 10.5 Å². The summed E-state index contributed by atoms with van der Waals surface area (Å²) < 4.78 is 5.66. The molecule has 1 aromatic rings. The Balaban J connectivity index is 1.70. The summed E-state index contributed by atoms with van der Waals surface area (Å²) in [5.41, 5.74) is 5.69. The summed E-state index contributed by atoms with van der Waals surface area (Å²) in [5.74, 6) is 1.72. The van der Waals surface area contributed by atoms with Gasteiger partial charge in [0.25, 0.3) is 0 Å². The van der Waals surface area contributed by atoms with Gasteiger partial charge in [0.2, 0.25) is 5.91 Å². The number of nitrogens with two attached hydrogens (primary N) is 1. The Morgan fingerprint density at radius 1 is 1.33 bits per heavy atom. The highest BCUT2D eigenvalue weighted by molar-refractivity contribution is 5.78. The fourth-order valence-corrected chi connectivity index (χ4v) is 2.69. The maximum Gasteiger partial charge on any atom is 0.225 e. The van der Waals surface area contributed by atoms with Crippen LogP contribution in [-0.4, -0.2) is 37.0 Å². The van der Waals surface area contributed by atoms with E-state index in [2.05, 4.69) is 0 Å². The van der Waals surface area contributed by atoms with Gasteiger partial charge in [0.1, 0.15) is 5.75 Å². The number of carbonyl (C=O) groups is 1. The van der Waals surface area contributed by atoms with Crippen molar-refractivity contribution >= 4 is 5.91 Å². The van der Waals surface area contributed by atoms with Crippen LogP contribution in [0.1, 0.15) is 26.2 Å². The number of benzene rings is 1. The normalized spacial score (nSPS) is 17.5. The number of hydrogen-bond acceptors (Lipinski definition) is 3. The molecule has 4 nitrogen and oxygen atoms in total. The highest BCUT2D eigenvalue weighted by Crippen LogP contribution is 2.19. The van der Waals surface area contributed by atoms with E-state index >= 15 is 0 Å². The van der Waals surface area contributed by atoms with Crippen molar-refractivity contribution in [3.05, 3.63) is 30.3 Å². The Hall–Kier alpha value is -1.55. The molecule has 1 heterocycles. The van der Waals surface area contributed by atoms with Crippen molar-refractivity contribution in [3.63, 3.8) is 0 Å². The summed E-state index contributed by atoms with van der Waals surface area (Å²) in [6, 6.07) is 9.73. The van der Waals surface area contributed by atoms with Crippen LogP contribution in [-0.2, 0) is 4.79 Å².